The SMILES string of the molecule is [O-][S+](N[C@@H]1CCN(Cc2ccc(OC3CC3)cc2)C1)c1cncc(F)c1. The first-order chi connectivity index (χ1) is 12.7. The number of nitrogens with zero attached hydrogens (tertiary/aromatic N) is 2. The zero-order chi connectivity index (χ0) is 17.9. The number of nitrogens with one attached hydrogen (secondary N) is 1. The molecule has 5 nitrogen and oxygen atoms in total. The fourth-order valence-electron chi connectivity index (χ4n) is 3.10. The van der Waals surface area contributed by atoms with Gasteiger partial charge >= 0.3 is 0 Å². The lowest BCUT2D eigenvalue weighted by Crippen LogP contribution is -2.37. The molecule has 138 valence electrons. The second-order valence-corrected chi connectivity index (χ2v) is 8.15. The molecule has 2 fully saturated rings. The van der Waals surface area contributed by atoms with Crippen molar-refractivity contribution in [1.82, 2.24) is 14.6 Å². The molecule has 1 aliphatic heterocycles. The van der Waals surface area contributed by atoms with Gasteiger partial charge in [0.05, 0.1) is 35.9 Å². The Bertz CT molecular complexity index is 742. The van der Waals surface area contributed by atoms with Crippen molar-refractivity contribution in [1.29, 1.82) is 0 Å². The monoisotopic (exact) mass is 375 g/mol. The van der Waals surface area contributed by atoms with Crippen molar-refractivity contribution < 1.29 is 13.7 Å². The van der Waals surface area contributed by atoms with E-state index in [-0.39, 0.29) is 6.04 Å². The molecule has 26 heavy (non-hydrogen) atoms. The third-order valence-corrected chi connectivity index (χ3v) is 5.80. The van der Waals surface area contributed by atoms with Crippen LogP contribution in [0, 0.1) is 5.82 Å². The fourth-order valence-corrected chi connectivity index (χ4v) is 4.10. The number of pyridine rings is 1. The molecule has 1 aromatic heterocycles. The van der Waals surface area contributed by atoms with E-state index in [0.717, 1.165) is 50.8 Å². The van der Waals surface area contributed by atoms with Crippen molar-refractivity contribution in [2.75, 3.05) is 13.1 Å². The van der Waals surface area contributed by atoms with Gasteiger partial charge in [-0.1, -0.05) is 12.1 Å². The predicted octanol–water partition coefficient (Wildman–Crippen LogP) is 2.65. The van der Waals surface area contributed by atoms with Crippen LogP contribution in [-0.2, 0) is 17.9 Å². The average molecular weight is 375 g/mol. The van der Waals surface area contributed by atoms with Gasteiger partial charge in [-0.25, -0.2) is 4.39 Å². The Morgan fingerprint density at radius 3 is 2.77 bits per heavy atom. The Labute approximate surface area is 155 Å². The number of rotatable bonds is 7. The minimum Gasteiger partial charge on any atom is -0.593 e. The van der Waals surface area contributed by atoms with Gasteiger partial charge in [0.2, 0.25) is 0 Å². The van der Waals surface area contributed by atoms with Gasteiger partial charge in [0.15, 0.2) is 4.90 Å². The molecule has 0 radical (unpaired) electrons. The maximum absolute atomic E-state index is 13.2. The van der Waals surface area contributed by atoms with Crippen LogP contribution in [0.15, 0.2) is 47.6 Å². The predicted molar refractivity (Wildman–Crippen MR) is 97.5 cm³/mol. The first-order valence-electron chi connectivity index (χ1n) is 8.92. The standard InChI is InChI=1S/C19H22FN3O2S/c20-15-9-19(11-21-10-15)26(24)22-16-7-8-23(13-16)12-14-1-3-17(4-2-14)25-18-5-6-18/h1-4,9-11,16,18,22H,5-8,12-13H2/t16-,26?/m1/s1. The molecule has 0 amide bonds. The maximum Gasteiger partial charge on any atom is 0.195 e. The van der Waals surface area contributed by atoms with Crippen LogP contribution in [-0.4, -0.2) is 39.7 Å². The van der Waals surface area contributed by atoms with Crippen LogP contribution >= 0.6 is 0 Å². The minimum absolute atomic E-state index is 0.122. The van der Waals surface area contributed by atoms with Crippen molar-refractivity contribution in [3.05, 3.63) is 54.1 Å². The Morgan fingerprint density at radius 1 is 1.23 bits per heavy atom. The van der Waals surface area contributed by atoms with Crippen molar-refractivity contribution >= 4 is 11.4 Å². The summed E-state index contributed by atoms with van der Waals surface area (Å²) in [6.07, 6.45) is 6.20. The highest BCUT2D eigenvalue weighted by Gasteiger charge is 2.27. The molecule has 1 saturated heterocycles. The van der Waals surface area contributed by atoms with E-state index in [0.29, 0.717) is 11.0 Å². The van der Waals surface area contributed by atoms with Crippen molar-refractivity contribution in [3.63, 3.8) is 0 Å². The zero-order valence-corrected chi connectivity index (χ0v) is 15.3. The molecule has 2 atom stereocenters. The van der Waals surface area contributed by atoms with Crippen molar-refractivity contribution in [2.45, 2.75) is 42.8 Å². The molecule has 2 aliphatic rings. The van der Waals surface area contributed by atoms with Gasteiger partial charge in [-0.2, -0.15) is 0 Å². The lowest BCUT2D eigenvalue weighted by Gasteiger charge is -2.18. The van der Waals surface area contributed by atoms with Gasteiger partial charge in [0.25, 0.3) is 0 Å². The van der Waals surface area contributed by atoms with E-state index in [1.807, 2.05) is 12.1 Å². The highest BCUT2D eigenvalue weighted by atomic mass is 32.2. The molecule has 1 unspecified atom stereocenters. The smallest absolute Gasteiger partial charge is 0.195 e. The van der Waals surface area contributed by atoms with E-state index in [4.69, 9.17) is 4.74 Å². The summed E-state index contributed by atoms with van der Waals surface area (Å²) in [5.74, 6) is 0.469. The van der Waals surface area contributed by atoms with Crippen molar-refractivity contribution in [3.8, 4) is 5.75 Å². The molecule has 2 aromatic rings. The lowest BCUT2D eigenvalue weighted by molar-refractivity contribution is 0.302. The Morgan fingerprint density at radius 2 is 2.04 bits per heavy atom. The quantitative estimate of drug-likeness (QED) is 0.754. The van der Waals surface area contributed by atoms with Crippen LogP contribution in [0.5, 0.6) is 5.75 Å². The molecule has 1 aromatic carbocycles. The van der Waals surface area contributed by atoms with Crippen molar-refractivity contribution in [2.24, 2.45) is 0 Å². The summed E-state index contributed by atoms with van der Waals surface area (Å²) in [5.41, 5.74) is 1.24. The maximum atomic E-state index is 13.2. The number of ether oxygens (including phenoxy) is 1. The van der Waals surface area contributed by atoms with Gasteiger partial charge < -0.3 is 9.29 Å². The normalized spacial score (nSPS) is 21.7. The molecule has 1 aliphatic carbocycles. The number of aromatic nitrogens is 1. The van der Waals surface area contributed by atoms with Crippen LogP contribution in [0.2, 0.25) is 0 Å². The van der Waals surface area contributed by atoms with E-state index in [1.165, 1.54) is 17.8 Å². The number of likely N-dealkylation sites (tertiary alicyclic amines) is 1. The highest BCUT2D eigenvalue weighted by molar-refractivity contribution is 7.89. The van der Waals surface area contributed by atoms with Crippen LogP contribution < -0.4 is 9.46 Å². The van der Waals surface area contributed by atoms with E-state index in [1.54, 1.807) is 0 Å². The van der Waals surface area contributed by atoms with Gasteiger partial charge in [-0.3, -0.25) is 9.88 Å². The van der Waals surface area contributed by atoms with Gasteiger partial charge in [-0.15, -0.1) is 4.72 Å². The third kappa shape index (κ3) is 4.73. The topological polar surface area (TPSA) is 60.5 Å². The summed E-state index contributed by atoms with van der Waals surface area (Å²) < 4.78 is 34.4. The third-order valence-electron chi connectivity index (χ3n) is 4.60. The second-order valence-electron chi connectivity index (χ2n) is 6.91. The molecule has 1 N–H and O–H groups in total. The Hall–Kier alpha value is -1.67. The largest absolute Gasteiger partial charge is 0.593 e. The Balaban J connectivity index is 1.26. The summed E-state index contributed by atoms with van der Waals surface area (Å²) in [7, 11) is 0. The van der Waals surface area contributed by atoms with Gasteiger partial charge in [0, 0.05) is 25.7 Å². The van der Waals surface area contributed by atoms with Crippen LogP contribution in [0.4, 0.5) is 4.39 Å². The molecule has 7 heteroatoms. The number of hydrogen-bond acceptors (Lipinski definition) is 5. The molecular weight excluding hydrogens is 353 g/mol. The van der Waals surface area contributed by atoms with Crippen LogP contribution in [0.1, 0.15) is 24.8 Å². The van der Waals surface area contributed by atoms with Gasteiger partial charge in [-0.05, 0) is 37.0 Å². The number of benzene rings is 1. The summed E-state index contributed by atoms with van der Waals surface area (Å²) in [6, 6.07) is 9.66. The summed E-state index contributed by atoms with van der Waals surface area (Å²) in [4.78, 5) is 6.45. The highest BCUT2D eigenvalue weighted by Crippen LogP contribution is 2.27. The fraction of sp³-hybridized carbons (Fsp3) is 0.421. The second kappa shape index (κ2) is 7.92. The molecule has 0 bridgehead atoms. The molecule has 1 saturated carbocycles. The van der Waals surface area contributed by atoms with Crippen LogP contribution in [0.25, 0.3) is 0 Å². The average Bonchev–Trinajstić information content (AvgIpc) is 3.35. The molecule has 0 spiro atoms. The van der Waals surface area contributed by atoms with Gasteiger partial charge in [0.1, 0.15) is 11.6 Å². The van der Waals surface area contributed by atoms with E-state index in [9.17, 15) is 8.94 Å². The first kappa shape index (κ1) is 17.7. The minimum atomic E-state index is -1.44. The summed E-state index contributed by atoms with van der Waals surface area (Å²) >= 11 is -1.44. The molecule has 2 heterocycles. The van der Waals surface area contributed by atoms with E-state index >= 15 is 0 Å². The molecule has 4 rings (SSSR count). The number of halogens is 1. The summed E-state index contributed by atoms with van der Waals surface area (Å²) in [6.45, 7) is 2.61. The Kier molecular flexibility index (Phi) is 5.40. The van der Waals surface area contributed by atoms with E-state index in [2.05, 4.69) is 26.7 Å². The van der Waals surface area contributed by atoms with E-state index < -0.39 is 17.2 Å². The number of hydrogen-bond donors (Lipinski definition) is 1. The summed E-state index contributed by atoms with van der Waals surface area (Å²) in [5, 5.41) is 0. The first-order valence-corrected chi connectivity index (χ1v) is 10.1. The molecular formula is C19H22FN3O2S. The zero-order valence-electron chi connectivity index (χ0n) is 14.4. The van der Waals surface area contributed by atoms with Crippen LogP contribution in [0.3, 0.4) is 0 Å². The lowest BCUT2D eigenvalue weighted by atomic mass is 10.2.